The fraction of sp³-hybridized carbons (Fsp3) is 0.323. The van der Waals surface area contributed by atoms with Crippen molar-refractivity contribution in [3.63, 3.8) is 0 Å². The number of carbonyl (C=O) groups excluding carboxylic acids is 1. The van der Waals surface area contributed by atoms with Crippen LogP contribution in [0.1, 0.15) is 42.3 Å². The summed E-state index contributed by atoms with van der Waals surface area (Å²) in [6.07, 6.45) is -2.83. The highest BCUT2D eigenvalue weighted by Crippen LogP contribution is 2.32. The summed E-state index contributed by atoms with van der Waals surface area (Å²) in [6, 6.07) is 14.6. The first-order chi connectivity index (χ1) is 20.0. The number of likely N-dealkylation sites (N-methyl/N-ethyl adjacent to an activating group) is 1. The molecule has 0 spiro atoms. The van der Waals surface area contributed by atoms with Gasteiger partial charge in [0, 0.05) is 53.9 Å². The van der Waals surface area contributed by atoms with E-state index in [1.165, 1.54) is 0 Å². The van der Waals surface area contributed by atoms with Gasteiger partial charge < -0.3 is 10.3 Å². The molecule has 0 aliphatic carbocycles. The molecule has 1 saturated heterocycles. The van der Waals surface area contributed by atoms with Crippen molar-refractivity contribution in [1.29, 1.82) is 0 Å². The molecule has 6 rings (SSSR count). The van der Waals surface area contributed by atoms with E-state index in [1.807, 2.05) is 18.2 Å². The second kappa shape index (κ2) is 10.6. The molecule has 0 unspecified atom stereocenters. The van der Waals surface area contributed by atoms with Crippen molar-refractivity contribution in [2.45, 2.75) is 39.0 Å². The molecule has 3 heterocycles. The molecule has 218 valence electrons. The number of benzene rings is 3. The lowest BCUT2D eigenvalue weighted by atomic mass is 9.97. The number of hydrogen-bond acceptors (Lipinski definition) is 5. The smallest absolute Gasteiger partial charge is 0.338 e. The van der Waals surface area contributed by atoms with Crippen LogP contribution in [0, 0.1) is 0 Å². The van der Waals surface area contributed by atoms with E-state index in [0.29, 0.717) is 34.7 Å². The normalized spacial score (nSPS) is 16.3. The molecule has 0 saturated carbocycles. The predicted octanol–water partition coefficient (Wildman–Crippen LogP) is 6.29. The predicted molar refractivity (Wildman–Crippen MR) is 157 cm³/mol. The Hall–Kier alpha value is -4.22. The molecule has 3 N–H and O–H groups in total. The number of anilines is 1. The van der Waals surface area contributed by atoms with Crippen molar-refractivity contribution < 1.29 is 18.0 Å². The minimum absolute atomic E-state index is 0.0375. The molecule has 2 aromatic heterocycles. The lowest BCUT2D eigenvalue weighted by Crippen LogP contribution is -2.58. The van der Waals surface area contributed by atoms with Crippen LogP contribution in [0.25, 0.3) is 33.3 Å². The molecule has 5 aromatic rings. The van der Waals surface area contributed by atoms with Gasteiger partial charge in [0.15, 0.2) is 0 Å². The number of aromatic nitrogens is 4. The topological polar surface area (TPSA) is 92.9 Å². The molecule has 0 atom stereocenters. The van der Waals surface area contributed by atoms with Crippen LogP contribution in [0.2, 0.25) is 0 Å². The number of imidazole rings is 1. The number of piperazine rings is 1. The van der Waals surface area contributed by atoms with Gasteiger partial charge in [0.2, 0.25) is 0 Å². The molecule has 3 aromatic carbocycles. The zero-order chi connectivity index (χ0) is 29.6. The fourth-order valence-electron chi connectivity index (χ4n) is 5.86. The Bertz CT molecular complexity index is 1770. The van der Waals surface area contributed by atoms with Crippen LogP contribution < -0.4 is 5.32 Å². The van der Waals surface area contributed by atoms with E-state index in [1.54, 1.807) is 30.5 Å². The van der Waals surface area contributed by atoms with Crippen LogP contribution in [0.5, 0.6) is 0 Å². The third kappa shape index (κ3) is 5.62. The number of alkyl halides is 3. The largest absolute Gasteiger partial charge is 0.416 e. The molecule has 1 amide bonds. The van der Waals surface area contributed by atoms with Gasteiger partial charge in [-0.2, -0.15) is 18.3 Å². The van der Waals surface area contributed by atoms with Gasteiger partial charge in [0.25, 0.3) is 5.91 Å². The molecular formula is C31H32F3N7O. The Kier molecular flexibility index (Phi) is 7.02. The van der Waals surface area contributed by atoms with Gasteiger partial charge >= 0.3 is 6.18 Å². The average molecular weight is 576 g/mol. The Morgan fingerprint density at radius 1 is 1.05 bits per heavy atom. The van der Waals surface area contributed by atoms with Gasteiger partial charge in [-0.05, 0) is 68.4 Å². The lowest BCUT2D eigenvalue weighted by Gasteiger charge is -2.47. The summed E-state index contributed by atoms with van der Waals surface area (Å²) in [5.41, 5.74) is 3.07. The number of rotatable bonds is 6. The van der Waals surface area contributed by atoms with Gasteiger partial charge in [0.05, 0.1) is 28.3 Å². The molecule has 11 heteroatoms. The first-order valence-electron chi connectivity index (χ1n) is 13.9. The number of aromatic amines is 2. The van der Waals surface area contributed by atoms with Crippen molar-refractivity contribution in [2.75, 3.05) is 31.5 Å². The number of H-pyrrole nitrogens is 2. The van der Waals surface area contributed by atoms with E-state index < -0.39 is 17.6 Å². The van der Waals surface area contributed by atoms with Gasteiger partial charge in [-0.15, -0.1) is 0 Å². The van der Waals surface area contributed by atoms with E-state index in [9.17, 15) is 18.0 Å². The maximum Gasteiger partial charge on any atom is 0.416 e. The standard InChI is InChI=1S/C31H32F3N7O/c1-4-41-10-9-40(18-30(41,2)3)17-19-11-22(13-23(12-19)31(32,33)34)29(42)36-24-7-8-25-27(15-24)38-28(37-25)20-5-6-21-16-35-39-26(21)14-20/h5-8,11-16H,4,9-10,17-18H2,1-3H3,(H,35,39)(H,36,42)(H,37,38). The second-order valence-corrected chi connectivity index (χ2v) is 11.5. The van der Waals surface area contributed by atoms with Crippen molar-refractivity contribution in [3.8, 4) is 11.4 Å². The first-order valence-corrected chi connectivity index (χ1v) is 13.9. The molecule has 1 aliphatic heterocycles. The Morgan fingerprint density at radius 2 is 1.88 bits per heavy atom. The summed E-state index contributed by atoms with van der Waals surface area (Å²) >= 11 is 0. The number of carbonyl (C=O) groups is 1. The third-order valence-corrected chi connectivity index (χ3v) is 7.98. The highest BCUT2D eigenvalue weighted by molar-refractivity contribution is 6.05. The minimum atomic E-state index is -4.57. The van der Waals surface area contributed by atoms with Crippen molar-refractivity contribution in [2.24, 2.45) is 0 Å². The first kappa shape index (κ1) is 27.9. The third-order valence-electron chi connectivity index (χ3n) is 7.98. The van der Waals surface area contributed by atoms with E-state index in [4.69, 9.17) is 0 Å². The molecule has 1 aliphatic rings. The molecule has 42 heavy (non-hydrogen) atoms. The van der Waals surface area contributed by atoms with Crippen LogP contribution in [0.3, 0.4) is 0 Å². The van der Waals surface area contributed by atoms with Crippen molar-refractivity contribution in [3.05, 3.63) is 77.5 Å². The lowest BCUT2D eigenvalue weighted by molar-refractivity contribution is -0.137. The second-order valence-electron chi connectivity index (χ2n) is 11.5. The van der Waals surface area contributed by atoms with Gasteiger partial charge in [-0.3, -0.25) is 19.7 Å². The minimum Gasteiger partial charge on any atom is -0.338 e. The van der Waals surface area contributed by atoms with E-state index in [-0.39, 0.29) is 11.1 Å². The molecule has 8 nitrogen and oxygen atoms in total. The number of halogens is 3. The van der Waals surface area contributed by atoms with Gasteiger partial charge in [-0.1, -0.05) is 19.1 Å². The highest BCUT2D eigenvalue weighted by Gasteiger charge is 2.34. The SMILES string of the molecule is CCN1CCN(Cc2cc(C(=O)Nc3ccc4nc(-c5ccc6cn[nH]c6c5)[nH]c4c3)cc(C(F)(F)F)c2)CC1(C)C. The van der Waals surface area contributed by atoms with Crippen LogP contribution in [0.4, 0.5) is 18.9 Å². The summed E-state index contributed by atoms with van der Waals surface area (Å²) in [6.45, 7) is 9.96. The Balaban J connectivity index is 1.23. The van der Waals surface area contributed by atoms with Crippen molar-refractivity contribution >= 4 is 33.5 Å². The van der Waals surface area contributed by atoms with E-state index in [2.05, 4.69) is 56.1 Å². The molecule has 1 fully saturated rings. The van der Waals surface area contributed by atoms with Crippen LogP contribution in [-0.2, 0) is 12.7 Å². The number of fused-ring (bicyclic) bond motifs is 2. The van der Waals surface area contributed by atoms with Crippen LogP contribution in [0.15, 0.2) is 60.8 Å². The number of nitrogens with zero attached hydrogens (tertiary/aromatic N) is 4. The Labute approximate surface area is 240 Å². The average Bonchev–Trinajstić information content (AvgIpc) is 3.58. The number of hydrogen-bond donors (Lipinski definition) is 3. The van der Waals surface area contributed by atoms with Gasteiger partial charge in [0.1, 0.15) is 5.82 Å². The van der Waals surface area contributed by atoms with Crippen LogP contribution >= 0.6 is 0 Å². The zero-order valence-corrected chi connectivity index (χ0v) is 23.6. The highest BCUT2D eigenvalue weighted by atomic mass is 19.4. The van der Waals surface area contributed by atoms with Gasteiger partial charge in [-0.25, -0.2) is 4.98 Å². The maximum absolute atomic E-state index is 13.9. The van der Waals surface area contributed by atoms with E-state index >= 15 is 0 Å². The zero-order valence-electron chi connectivity index (χ0n) is 23.6. The summed E-state index contributed by atoms with van der Waals surface area (Å²) in [7, 11) is 0. The van der Waals surface area contributed by atoms with E-state index in [0.717, 1.165) is 54.8 Å². The fourth-order valence-corrected chi connectivity index (χ4v) is 5.86. The summed E-state index contributed by atoms with van der Waals surface area (Å²) in [5, 5.41) is 10.7. The summed E-state index contributed by atoms with van der Waals surface area (Å²) < 4.78 is 41.6. The summed E-state index contributed by atoms with van der Waals surface area (Å²) in [5.74, 6) is 0.0395. The maximum atomic E-state index is 13.9. The number of nitrogens with one attached hydrogen (secondary N) is 3. The molecular weight excluding hydrogens is 543 g/mol. The van der Waals surface area contributed by atoms with Crippen LogP contribution in [-0.4, -0.2) is 67.6 Å². The molecule has 0 bridgehead atoms. The van der Waals surface area contributed by atoms with Crippen molar-refractivity contribution in [1.82, 2.24) is 30.0 Å². The monoisotopic (exact) mass is 575 g/mol. The number of amides is 1. The quantitative estimate of drug-likeness (QED) is 0.221. The Morgan fingerprint density at radius 3 is 2.64 bits per heavy atom. The summed E-state index contributed by atoms with van der Waals surface area (Å²) in [4.78, 5) is 25.7. The molecule has 0 radical (unpaired) electrons.